The van der Waals surface area contributed by atoms with Crippen LogP contribution < -0.4 is 10.6 Å². The van der Waals surface area contributed by atoms with Gasteiger partial charge in [0, 0.05) is 13.1 Å². The third-order valence-corrected chi connectivity index (χ3v) is 2.86. The highest BCUT2D eigenvalue weighted by Crippen LogP contribution is 2.21. The first kappa shape index (κ1) is 10.2. The number of nitrogens with two attached hydrogens (primary N) is 1. The van der Waals surface area contributed by atoms with Crippen LogP contribution in [-0.2, 0) is 0 Å². The van der Waals surface area contributed by atoms with E-state index in [4.69, 9.17) is 5.73 Å². The summed E-state index contributed by atoms with van der Waals surface area (Å²) >= 11 is 0. The van der Waals surface area contributed by atoms with Crippen LogP contribution in [0.1, 0.15) is 13.3 Å². The molecule has 1 fully saturated rings. The Bertz CT molecular complexity index is 327. The zero-order valence-corrected chi connectivity index (χ0v) is 8.80. The number of aliphatic hydroxyl groups excluding tert-OH is 1. The van der Waals surface area contributed by atoms with Gasteiger partial charge in [0.15, 0.2) is 5.82 Å². The van der Waals surface area contributed by atoms with Gasteiger partial charge in [0.2, 0.25) is 0 Å². The molecule has 1 aliphatic rings. The minimum absolute atomic E-state index is 0.192. The van der Waals surface area contributed by atoms with Crippen molar-refractivity contribution in [3.8, 4) is 0 Å². The Morgan fingerprint density at radius 2 is 2.27 bits per heavy atom. The lowest BCUT2D eigenvalue weighted by molar-refractivity contribution is 0.0968. The third kappa shape index (κ3) is 2.18. The Morgan fingerprint density at radius 3 is 2.87 bits per heavy atom. The molecule has 82 valence electrons. The fourth-order valence-electron chi connectivity index (χ4n) is 1.85. The summed E-state index contributed by atoms with van der Waals surface area (Å²) < 4.78 is 0. The summed E-state index contributed by atoms with van der Waals surface area (Å²) in [7, 11) is 0. The van der Waals surface area contributed by atoms with E-state index >= 15 is 0 Å². The van der Waals surface area contributed by atoms with Crippen LogP contribution in [0, 0.1) is 5.92 Å². The average molecular weight is 208 g/mol. The SMILES string of the molecule is CC1CN(c2ccc(N)nn2)CCC1O. The lowest BCUT2D eigenvalue weighted by atomic mass is 9.97. The highest BCUT2D eigenvalue weighted by molar-refractivity contribution is 5.41. The number of aliphatic hydroxyl groups is 1. The van der Waals surface area contributed by atoms with Gasteiger partial charge in [-0.15, -0.1) is 10.2 Å². The zero-order chi connectivity index (χ0) is 10.8. The number of rotatable bonds is 1. The second-order valence-corrected chi connectivity index (χ2v) is 4.10. The summed E-state index contributed by atoms with van der Waals surface area (Å²) in [5.74, 6) is 1.55. The molecule has 0 bridgehead atoms. The Hall–Kier alpha value is -1.36. The van der Waals surface area contributed by atoms with Crippen molar-refractivity contribution in [1.29, 1.82) is 0 Å². The van der Waals surface area contributed by atoms with E-state index in [9.17, 15) is 5.11 Å². The number of piperidine rings is 1. The van der Waals surface area contributed by atoms with Gasteiger partial charge >= 0.3 is 0 Å². The quantitative estimate of drug-likeness (QED) is 0.692. The summed E-state index contributed by atoms with van der Waals surface area (Å²) in [6.45, 7) is 3.69. The maximum absolute atomic E-state index is 9.60. The first-order chi connectivity index (χ1) is 7.16. The molecular weight excluding hydrogens is 192 g/mol. The molecule has 0 spiro atoms. The summed E-state index contributed by atoms with van der Waals surface area (Å²) in [5, 5.41) is 17.5. The molecule has 1 aromatic rings. The highest BCUT2D eigenvalue weighted by atomic mass is 16.3. The van der Waals surface area contributed by atoms with Crippen LogP contribution in [0.15, 0.2) is 12.1 Å². The molecule has 15 heavy (non-hydrogen) atoms. The normalized spacial score (nSPS) is 26.7. The van der Waals surface area contributed by atoms with Crippen molar-refractivity contribution < 1.29 is 5.11 Å². The van der Waals surface area contributed by atoms with E-state index in [0.29, 0.717) is 5.82 Å². The van der Waals surface area contributed by atoms with Gasteiger partial charge in [0.05, 0.1) is 6.10 Å². The van der Waals surface area contributed by atoms with Crippen molar-refractivity contribution in [1.82, 2.24) is 10.2 Å². The van der Waals surface area contributed by atoms with Crippen LogP contribution >= 0.6 is 0 Å². The Labute approximate surface area is 88.9 Å². The number of hydrogen-bond donors (Lipinski definition) is 2. The lowest BCUT2D eigenvalue weighted by Crippen LogP contribution is -2.42. The van der Waals surface area contributed by atoms with Crippen molar-refractivity contribution in [3.63, 3.8) is 0 Å². The average Bonchev–Trinajstić information content (AvgIpc) is 2.23. The predicted molar refractivity (Wildman–Crippen MR) is 58.4 cm³/mol. The van der Waals surface area contributed by atoms with Crippen molar-refractivity contribution in [3.05, 3.63) is 12.1 Å². The number of nitrogen functional groups attached to an aromatic ring is 1. The van der Waals surface area contributed by atoms with Crippen molar-refractivity contribution in [2.75, 3.05) is 23.7 Å². The van der Waals surface area contributed by atoms with E-state index in [-0.39, 0.29) is 12.0 Å². The molecule has 0 amide bonds. The Kier molecular flexibility index (Phi) is 2.73. The first-order valence-electron chi connectivity index (χ1n) is 5.19. The fraction of sp³-hybridized carbons (Fsp3) is 0.600. The Morgan fingerprint density at radius 1 is 1.47 bits per heavy atom. The number of hydrogen-bond acceptors (Lipinski definition) is 5. The van der Waals surface area contributed by atoms with Gasteiger partial charge in [-0.1, -0.05) is 6.92 Å². The molecule has 5 nitrogen and oxygen atoms in total. The van der Waals surface area contributed by atoms with Gasteiger partial charge in [0.25, 0.3) is 0 Å². The molecule has 1 aromatic heterocycles. The van der Waals surface area contributed by atoms with Gasteiger partial charge in [-0.2, -0.15) is 0 Å². The minimum atomic E-state index is -0.192. The van der Waals surface area contributed by atoms with Crippen LogP contribution in [0.2, 0.25) is 0 Å². The molecule has 2 unspecified atom stereocenters. The first-order valence-corrected chi connectivity index (χ1v) is 5.19. The van der Waals surface area contributed by atoms with Crippen LogP contribution in [0.5, 0.6) is 0 Å². The molecule has 2 atom stereocenters. The minimum Gasteiger partial charge on any atom is -0.393 e. The number of anilines is 2. The summed E-state index contributed by atoms with van der Waals surface area (Å²) in [5.41, 5.74) is 5.47. The van der Waals surface area contributed by atoms with E-state index in [1.807, 2.05) is 13.0 Å². The smallest absolute Gasteiger partial charge is 0.151 e. The maximum atomic E-state index is 9.60. The topological polar surface area (TPSA) is 75.3 Å². The second-order valence-electron chi connectivity index (χ2n) is 4.10. The predicted octanol–water partition coefficient (Wildman–Crippen LogP) is 0.266. The van der Waals surface area contributed by atoms with Gasteiger partial charge in [-0.05, 0) is 24.5 Å². The van der Waals surface area contributed by atoms with Crippen molar-refractivity contribution in [2.45, 2.75) is 19.4 Å². The number of aromatic nitrogens is 2. The largest absolute Gasteiger partial charge is 0.393 e. The van der Waals surface area contributed by atoms with E-state index in [1.54, 1.807) is 6.07 Å². The van der Waals surface area contributed by atoms with Crippen LogP contribution in [0.3, 0.4) is 0 Å². The molecule has 0 radical (unpaired) electrons. The van der Waals surface area contributed by atoms with Gasteiger partial charge in [-0.3, -0.25) is 0 Å². The third-order valence-electron chi connectivity index (χ3n) is 2.86. The van der Waals surface area contributed by atoms with E-state index < -0.39 is 0 Å². The molecule has 1 aliphatic heterocycles. The molecule has 1 saturated heterocycles. The van der Waals surface area contributed by atoms with E-state index in [1.165, 1.54) is 0 Å². The maximum Gasteiger partial charge on any atom is 0.151 e. The van der Waals surface area contributed by atoms with Crippen LogP contribution in [0.4, 0.5) is 11.6 Å². The monoisotopic (exact) mass is 208 g/mol. The highest BCUT2D eigenvalue weighted by Gasteiger charge is 2.24. The molecule has 0 saturated carbocycles. The van der Waals surface area contributed by atoms with Crippen molar-refractivity contribution in [2.24, 2.45) is 5.92 Å². The molecule has 3 N–H and O–H groups in total. The van der Waals surface area contributed by atoms with Crippen LogP contribution in [0.25, 0.3) is 0 Å². The molecular formula is C10H16N4O. The molecule has 0 aromatic carbocycles. The van der Waals surface area contributed by atoms with E-state index in [2.05, 4.69) is 15.1 Å². The van der Waals surface area contributed by atoms with Gasteiger partial charge in [-0.25, -0.2) is 0 Å². The molecule has 0 aliphatic carbocycles. The van der Waals surface area contributed by atoms with Crippen molar-refractivity contribution >= 4 is 11.6 Å². The number of nitrogens with zero attached hydrogens (tertiary/aromatic N) is 3. The molecule has 2 heterocycles. The lowest BCUT2D eigenvalue weighted by Gasteiger charge is -2.34. The van der Waals surface area contributed by atoms with Crippen LogP contribution in [-0.4, -0.2) is 34.5 Å². The fourth-order valence-corrected chi connectivity index (χ4v) is 1.85. The van der Waals surface area contributed by atoms with Gasteiger partial charge < -0.3 is 15.7 Å². The molecule has 5 heteroatoms. The Balaban J connectivity index is 2.08. The zero-order valence-electron chi connectivity index (χ0n) is 8.80. The van der Waals surface area contributed by atoms with E-state index in [0.717, 1.165) is 25.3 Å². The summed E-state index contributed by atoms with van der Waals surface area (Å²) in [6, 6.07) is 3.62. The second kappa shape index (κ2) is 4.02. The summed E-state index contributed by atoms with van der Waals surface area (Å²) in [6.07, 6.45) is 0.593. The molecule has 2 rings (SSSR count). The van der Waals surface area contributed by atoms with Gasteiger partial charge in [0.1, 0.15) is 5.82 Å². The standard InChI is InChI=1S/C10H16N4O/c1-7-6-14(5-4-8(7)15)10-3-2-9(11)12-13-10/h2-3,7-8,15H,4-6H2,1H3,(H2,11,12). The summed E-state index contributed by atoms with van der Waals surface area (Å²) in [4.78, 5) is 2.13.